The van der Waals surface area contributed by atoms with E-state index in [9.17, 15) is 22.8 Å². The van der Waals surface area contributed by atoms with Gasteiger partial charge in [-0.15, -0.1) is 24.8 Å². The van der Waals surface area contributed by atoms with Crippen LogP contribution in [0.5, 0.6) is 0 Å². The van der Waals surface area contributed by atoms with Crippen molar-refractivity contribution in [2.75, 3.05) is 56.9 Å². The molecule has 0 unspecified atom stereocenters. The monoisotopic (exact) mass is 758 g/mol. The molecule has 0 spiro atoms. The number of carbonyl (C=O) groups excluding carboxylic acids is 2. The van der Waals surface area contributed by atoms with Crippen LogP contribution in [0.1, 0.15) is 43.9 Å². The van der Waals surface area contributed by atoms with Crippen LogP contribution in [0, 0.1) is 11.8 Å². The van der Waals surface area contributed by atoms with Gasteiger partial charge in [0.1, 0.15) is 5.69 Å². The van der Waals surface area contributed by atoms with Crippen molar-refractivity contribution in [3.05, 3.63) is 93.8 Å². The molecule has 1 saturated heterocycles. The van der Waals surface area contributed by atoms with Crippen LogP contribution in [0.15, 0.2) is 54.7 Å². The molecule has 4 heterocycles. The number of rotatable bonds is 8. The summed E-state index contributed by atoms with van der Waals surface area (Å²) in [6, 6.07) is 12.7. The number of amides is 2. The summed E-state index contributed by atoms with van der Waals surface area (Å²) in [6.45, 7) is 3.83. The lowest BCUT2D eigenvalue weighted by Gasteiger charge is -2.34. The van der Waals surface area contributed by atoms with Gasteiger partial charge in [-0.25, -0.2) is 9.97 Å². The third kappa shape index (κ3) is 9.41. The zero-order chi connectivity index (χ0) is 35.4. The van der Waals surface area contributed by atoms with E-state index in [1.165, 1.54) is 18.3 Å². The minimum absolute atomic E-state index is 0. The van der Waals surface area contributed by atoms with E-state index in [2.05, 4.69) is 37.3 Å². The fraction of sp³-hybridized carbons (Fsp3) is 0.333. The summed E-state index contributed by atoms with van der Waals surface area (Å²) in [4.78, 5) is 38.0. The number of aromatic nitrogens is 3. The molecule has 0 saturated carbocycles. The van der Waals surface area contributed by atoms with E-state index in [0.29, 0.717) is 79.3 Å². The first-order valence-corrected chi connectivity index (χ1v) is 16.2. The lowest BCUT2D eigenvalue weighted by Crippen LogP contribution is -2.46. The lowest BCUT2D eigenvalue weighted by atomic mass is 10.0. The SMILES string of the molecule is Cl.Cl.Cn1c(-c2nc(N)ncc2C#Cc2cccc(CC(=O)Nc3ccc(CN4CCN(CCO)CC4)c(C(F)(F)F)c3)c2)cc2c1CCNC2=O. The largest absolute Gasteiger partial charge is 0.416 e. The molecule has 2 aliphatic heterocycles. The number of β-amino-alcohol motifs (C(OH)–C–C–N with tert-alkyl or cyclic N) is 1. The topological polar surface area (TPSA) is 142 Å². The number of fused-ring (bicyclic) bond motifs is 1. The van der Waals surface area contributed by atoms with Crippen molar-refractivity contribution in [1.29, 1.82) is 0 Å². The first kappa shape index (κ1) is 40.1. The Balaban J connectivity index is 0.00000302. The number of aliphatic hydroxyl groups excluding tert-OH is 1. The Labute approximate surface area is 311 Å². The van der Waals surface area contributed by atoms with Gasteiger partial charge in [-0.05, 0) is 41.5 Å². The Hall–Kier alpha value is -4.65. The predicted molar refractivity (Wildman–Crippen MR) is 196 cm³/mol. The predicted octanol–water partition coefficient (Wildman–Crippen LogP) is 3.90. The highest BCUT2D eigenvalue weighted by molar-refractivity contribution is 5.98. The third-order valence-corrected chi connectivity index (χ3v) is 8.91. The molecule has 2 aliphatic rings. The van der Waals surface area contributed by atoms with Crippen molar-refractivity contribution < 1.29 is 27.9 Å². The van der Waals surface area contributed by atoms with Gasteiger partial charge in [0.25, 0.3) is 5.91 Å². The number of nitrogen functional groups attached to an aromatic ring is 1. The number of benzene rings is 2. The average molecular weight is 760 g/mol. The minimum atomic E-state index is -4.59. The van der Waals surface area contributed by atoms with Crippen molar-refractivity contribution in [2.45, 2.75) is 25.6 Å². The fourth-order valence-corrected chi connectivity index (χ4v) is 6.34. The van der Waals surface area contributed by atoms with Crippen LogP contribution < -0.4 is 16.4 Å². The standard InChI is InChI=1S/C36H37F3N8O3.2ClH/c1-45-30-9-10-41-34(50)28(30)20-31(45)33-25(21-42-35(40)44-33)6-5-23-3-2-4-24(17-23)18-32(49)43-27-8-7-26(29(19-27)36(37,38)39)22-47-13-11-46(12-14-47)15-16-48;;/h2-4,7-8,17,19-21,48H,9-16,18,22H2,1H3,(H,41,50)(H,43,49)(H2,40,42,44);2*1H. The normalized spacial score (nSPS) is 14.6. The number of nitrogens with one attached hydrogen (secondary N) is 2. The van der Waals surface area contributed by atoms with E-state index in [1.807, 2.05) is 16.5 Å². The van der Waals surface area contributed by atoms with E-state index < -0.39 is 17.6 Å². The number of hydrogen-bond acceptors (Lipinski definition) is 8. The molecule has 276 valence electrons. The molecule has 6 rings (SSSR count). The Morgan fingerprint density at radius 3 is 2.52 bits per heavy atom. The molecule has 2 aromatic heterocycles. The van der Waals surface area contributed by atoms with Gasteiger partial charge in [-0.1, -0.05) is 30.0 Å². The first-order valence-electron chi connectivity index (χ1n) is 16.2. The van der Waals surface area contributed by atoms with Gasteiger partial charge < -0.3 is 26.0 Å². The summed E-state index contributed by atoms with van der Waals surface area (Å²) >= 11 is 0. The van der Waals surface area contributed by atoms with Crippen LogP contribution >= 0.6 is 24.8 Å². The van der Waals surface area contributed by atoms with Crippen LogP contribution in [0.25, 0.3) is 11.4 Å². The molecule has 11 nitrogen and oxygen atoms in total. The van der Waals surface area contributed by atoms with Gasteiger partial charge in [0.15, 0.2) is 0 Å². The zero-order valence-electron chi connectivity index (χ0n) is 28.3. The van der Waals surface area contributed by atoms with Crippen LogP contribution in [-0.4, -0.2) is 87.1 Å². The van der Waals surface area contributed by atoms with Crippen LogP contribution in [-0.2, 0) is 37.4 Å². The number of piperazine rings is 1. The van der Waals surface area contributed by atoms with Crippen molar-refractivity contribution in [2.24, 2.45) is 7.05 Å². The maximum atomic E-state index is 14.1. The third-order valence-electron chi connectivity index (χ3n) is 8.91. The molecule has 2 aromatic carbocycles. The zero-order valence-corrected chi connectivity index (χ0v) is 29.9. The number of alkyl halides is 3. The molecule has 0 atom stereocenters. The molecule has 0 aliphatic carbocycles. The molecule has 2 amide bonds. The van der Waals surface area contributed by atoms with Gasteiger partial charge in [0.05, 0.1) is 35.4 Å². The highest BCUT2D eigenvalue weighted by atomic mass is 35.5. The fourth-order valence-electron chi connectivity index (χ4n) is 6.34. The van der Waals surface area contributed by atoms with E-state index in [1.54, 1.807) is 30.3 Å². The summed E-state index contributed by atoms with van der Waals surface area (Å²) in [5, 5.41) is 14.6. The molecule has 4 aromatic rings. The first-order chi connectivity index (χ1) is 24.0. The maximum absolute atomic E-state index is 14.1. The van der Waals surface area contributed by atoms with Crippen molar-refractivity contribution in [3.63, 3.8) is 0 Å². The smallest absolute Gasteiger partial charge is 0.395 e. The Morgan fingerprint density at radius 1 is 1.06 bits per heavy atom. The van der Waals surface area contributed by atoms with Crippen molar-refractivity contribution >= 4 is 48.3 Å². The second-order valence-electron chi connectivity index (χ2n) is 12.3. The summed E-state index contributed by atoms with van der Waals surface area (Å²) in [5.74, 6) is 5.61. The van der Waals surface area contributed by atoms with E-state index in [4.69, 9.17) is 10.8 Å². The molecule has 5 N–H and O–H groups in total. The van der Waals surface area contributed by atoms with Gasteiger partial charge in [0, 0.05) is 82.4 Å². The lowest BCUT2D eigenvalue weighted by molar-refractivity contribution is -0.138. The van der Waals surface area contributed by atoms with Gasteiger partial charge in [0.2, 0.25) is 11.9 Å². The number of carbonyl (C=O) groups is 2. The molecular weight excluding hydrogens is 720 g/mol. The number of halogens is 5. The molecule has 1 fully saturated rings. The quantitative estimate of drug-likeness (QED) is 0.199. The highest BCUT2D eigenvalue weighted by Crippen LogP contribution is 2.35. The van der Waals surface area contributed by atoms with Crippen molar-refractivity contribution in [1.82, 2.24) is 29.7 Å². The van der Waals surface area contributed by atoms with E-state index >= 15 is 0 Å². The average Bonchev–Trinajstić information content (AvgIpc) is 3.42. The maximum Gasteiger partial charge on any atom is 0.416 e. The second-order valence-corrected chi connectivity index (χ2v) is 12.3. The van der Waals surface area contributed by atoms with Gasteiger partial charge in [-0.2, -0.15) is 13.2 Å². The number of nitrogens with two attached hydrogens (primary N) is 1. The van der Waals surface area contributed by atoms with Crippen LogP contribution in [0.4, 0.5) is 24.8 Å². The van der Waals surface area contributed by atoms with E-state index in [0.717, 1.165) is 11.8 Å². The summed E-state index contributed by atoms with van der Waals surface area (Å²) in [6.07, 6.45) is -2.47. The second kappa shape index (κ2) is 17.2. The Kier molecular flexibility index (Phi) is 13.3. The number of aliphatic hydroxyl groups is 1. The highest BCUT2D eigenvalue weighted by Gasteiger charge is 2.34. The van der Waals surface area contributed by atoms with Crippen molar-refractivity contribution in [3.8, 4) is 23.2 Å². The minimum Gasteiger partial charge on any atom is -0.395 e. The summed E-state index contributed by atoms with van der Waals surface area (Å²) < 4.78 is 44.2. The molecule has 52 heavy (non-hydrogen) atoms. The number of nitrogens with zero attached hydrogens (tertiary/aromatic N) is 5. The van der Waals surface area contributed by atoms with Gasteiger partial charge in [-0.3, -0.25) is 19.4 Å². The van der Waals surface area contributed by atoms with Crippen LogP contribution in [0.2, 0.25) is 0 Å². The summed E-state index contributed by atoms with van der Waals surface area (Å²) in [7, 11) is 1.86. The molecule has 0 radical (unpaired) electrons. The molecule has 16 heteroatoms. The molecule has 0 bridgehead atoms. The number of hydrogen-bond donors (Lipinski definition) is 4. The Bertz CT molecular complexity index is 1990. The number of anilines is 2. The Morgan fingerprint density at radius 2 is 1.81 bits per heavy atom. The van der Waals surface area contributed by atoms with Crippen LogP contribution in [0.3, 0.4) is 0 Å². The van der Waals surface area contributed by atoms with E-state index in [-0.39, 0.29) is 67.5 Å². The van der Waals surface area contributed by atoms with Gasteiger partial charge >= 0.3 is 6.18 Å². The summed E-state index contributed by atoms with van der Waals surface area (Å²) in [5.41, 5.74) is 9.68. The molecular formula is C36H39Cl2F3N8O3.